The normalized spacial score (nSPS) is 14.3. The van der Waals surface area contributed by atoms with Crippen molar-refractivity contribution in [2.45, 2.75) is 57.7 Å². The van der Waals surface area contributed by atoms with Gasteiger partial charge in [-0.2, -0.15) is 0 Å². The van der Waals surface area contributed by atoms with Crippen LogP contribution in [-0.4, -0.2) is 35.4 Å². The molecule has 4 rings (SSSR count). The molecular formula is C30H34N2O3. The van der Waals surface area contributed by atoms with Gasteiger partial charge in [-0.25, -0.2) is 0 Å². The van der Waals surface area contributed by atoms with Crippen molar-refractivity contribution in [1.82, 2.24) is 10.2 Å². The Kier molecular flexibility index (Phi) is 8.55. The van der Waals surface area contributed by atoms with Gasteiger partial charge in [0.1, 0.15) is 11.8 Å². The lowest BCUT2D eigenvalue weighted by atomic mass is 10.0. The Bertz CT molecular complexity index is 1090. The topological polar surface area (TPSA) is 58.6 Å². The predicted octanol–water partition coefficient (Wildman–Crippen LogP) is 5.07. The van der Waals surface area contributed by atoms with E-state index in [1.807, 2.05) is 91.9 Å². The van der Waals surface area contributed by atoms with Gasteiger partial charge in [0.15, 0.2) is 6.61 Å². The minimum atomic E-state index is -0.633. The summed E-state index contributed by atoms with van der Waals surface area (Å²) in [6.07, 6.45) is 4.69. The molecule has 1 atom stereocenters. The van der Waals surface area contributed by atoms with Gasteiger partial charge < -0.3 is 15.0 Å². The molecule has 35 heavy (non-hydrogen) atoms. The molecule has 1 saturated carbocycles. The molecule has 0 spiro atoms. The molecule has 182 valence electrons. The summed E-state index contributed by atoms with van der Waals surface area (Å²) >= 11 is 0. The van der Waals surface area contributed by atoms with E-state index in [0.29, 0.717) is 18.7 Å². The Balaban J connectivity index is 1.59. The third-order valence-electron chi connectivity index (χ3n) is 6.52. The van der Waals surface area contributed by atoms with Crippen LogP contribution >= 0.6 is 0 Å². The number of nitrogens with zero attached hydrogens (tertiary/aromatic N) is 1. The lowest BCUT2D eigenvalue weighted by Gasteiger charge is -2.32. The van der Waals surface area contributed by atoms with Crippen LogP contribution in [0.2, 0.25) is 0 Å². The van der Waals surface area contributed by atoms with Crippen LogP contribution in [0.5, 0.6) is 5.75 Å². The minimum Gasteiger partial charge on any atom is -0.484 e. The Labute approximate surface area is 208 Å². The van der Waals surface area contributed by atoms with Gasteiger partial charge in [0.05, 0.1) is 0 Å². The molecule has 0 aromatic heterocycles. The van der Waals surface area contributed by atoms with Crippen molar-refractivity contribution in [3.05, 3.63) is 102 Å². The standard InChI is InChI=1S/C30H34N2O3/c1-23-11-10-18-27(19-23)35-22-29(33)32(21-25-14-6-3-7-15-25)28(20-24-12-4-2-5-13-24)30(34)31-26-16-8-9-17-26/h2-7,10-15,18-19,26,28H,8-9,16-17,20-22H2,1H3,(H,31,34). The van der Waals surface area contributed by atoms with Gasteiger partial charge in [0.2, 0.25) is 5.91 Å². The van der Waals surface area contributed by atoms with E-state index in [2.05, 4.69) is 5.32 Å². The first kappa shape index (κ1) is 24.5. The van der Waals surface area contributed by atoms with Crippen molar-refractivity contribution in [3.63, 3.8) is 0 Å². The third-order valence-corrected chi connectivity index (χ3v) is 6.52. The number of nitrogens with one attached hydrogen (secondary N) is 1. The molecule has 3 aromatic rings. The second kappa shape index (κ2) is 12.2. The zero-order chi connectivity index (χ0) is 24.5. The zero-order valence-electron chi connectivity index (χ0n) is 20.4. The van der Waals surface area contributed by atoms with Crippen LogP contribution in [0.15, 0.2) is 84.9 Å². The van der Waals surface area contributed by atoms with Crippen LogP contribution in [0.3, 0.4) is 0 Å². The molecule has 5 nitrogen and oxygen atoms in total. The van der Waals surface area contributed by atoms with E-state index in [-0.39, 0.29) is 24.5 Å². The summed E-state index contributed by atoms with van der Waals surface area (Å²) in [5.74, 6) is 0.339. The molecule has 1 aliphatic carbocycles. The van der Waals surface area contributed by atoms with E-state index >= 15 is 0 Å². The Morgan fingerprint density at radius 1 is 0.914 bits per heavy atom. The lowest BCUT2D eigenvalue weighted by Crippen LogP contribution is -2.53. The zero-order valence-corrected chi connectivity index (χ0v) is 20.4. The molecular weight excluding hydrogens is 436 g/mol. The van der Waals surface area contributed by atoms with E-state index < -0.39 is 6.04 Å². The van der Waals surface area contributed by atoms with Crippen LogP contribution in [0.1, 0.15) is 42.4 Å². The highest BCUT2D eigenvalue weighted by atomic mass is 16.5. The van der Waals surface area contributed by atoms with Crippen LogP contribution in [0, 0.1) is 6.92 Å². The van der Waals surface area contributed by atoms with E-state index in [1.54, 1.807) is 4.90 Å². The molecule has 1 fully saturated rings. The highest BCUT2D eigenvalue weighted by molar-refractivity contribution is 5.88. The lowest BCUT2D eigenvalue weighted by molar-refractivity contribution is -0.143. The number of hydrogen-bond donors (Lipinski definition) is 1. The quantitative estimate of drug-likeness (QED) is 0.450. The van der Waals surface area contributed by atoms with Gasteiger partial charge in [-0.1, -0.05) is 85.6 Å². The van der Waals surface area contributed by atoms with Gasteiger partial charge in [-0.15, -0.1) is 0 Å². The summed E-state index contributed by atoms with van der Waals surface area (Å²) < 4.78 is 5.86. The summed E-state index contributed by atoms with van der Waals surface area (Å²) in [5, 5.41) is 3.23. The summed E-state index contributed by atoms with van der Waals surface area (Å²) in [6, 6.07) is 26.9. The van der Waals surface area contributed by atoms with E-state index in [9.17, 15) is 9.59 Å². The molecule has 0 aliphatic heterocycles. The fraction of sp³-hybridized carbons (Fsp3) is 0.333. The molecule has 0 heterocycles. The monoisotopic (exact) mass is 470 g/mol. The van der Waals surface area contributed by atoms with E-state index in [4.69, 9.17) is 4.74 Å². The number of aryl methyl sites for hydroxylation is 1. The number of carbonyl (C=O) groups excluding carboxylic acids is 2. The minimum absolute atomic E-state index is 0.0967. The second-order valence-electron chi connectivity index (χ2n) is 9.31. The van der Waals surface area contributed by atoms with Crippen molar-refractivity contribution in [1.29, 1.82) is 0 Å². The van der Waals surface area contributed by atoms with Gasteiger partial charge in [-0.05, 0) is 48.6 Å². The molecule has 1 N–H and O–H groups in total. The number of ether oxygens (including phenoxy) is 1. The molecule has 2 amide bonds. The summed E-state index contributed by atoms with van der Waals surface area (Å²) in [7, 11) is 0. The molecule has 0 radical (unpaired) electrons. The van der Waals surface area contributed by atoms with Gasteiger partial charge in [0, 0.05) is 19.0 Å². The second-order valence-corrected chi connectivity index (χ2v) is 9.31. The first-order chi connectivity index (χ1) is 17.1. The van der Waals surface area contributed by atoms with Gasteiger partial charge in [-0.3, -0.25) is 9.59 Å². The first-order valence-corrected chi connectivity index (χ1v) is 12.5. The highest BCUT2D eigenvalue weighted by Gasteiger charge is 2.32. The van der Waals surface area contributed by atoms with Crippen molar-refractivity contribution in [2.75, 3.05) is 6.61 Å². The van der Waals surface area contributed by atoms with Gasteiger partial charge in [0.25, 0.3) is 5.91 Å². The summed E-state index contributed by atoms with van der Waals surface area (Å²) in [4.78, 5) is 28.9. The molecule has 5 heteroatoms. The molecule has 3 aromatic carbocycles. The maximum atomic E-state index is 13.6. The maximum absolute atomic E-state index is 13.6. The van der Waals surface area contributed by atoms with Crippen molar-refractivity contribution >= 4 is 11.8 Å². The van der Waals surface area contributed by atoms with Crippen LogP contribution in [-0.2, 0) is 22.6 Å². The molecule has 1 aliphatic rings. The van der Waals surface area contributed by atoms with Crippen molar-refractivity contribution in [2.24, 2.45) is 0 Å². The smallest absolute Gasteiger partial charge is 0.261 e. The molecule has 0 saturated heterocycles. The van der Waals surface area contributed by atoms with Crippen LogP contribution < -0.4 is 10.1 Å². The SMILES string of the molecule is Cc1cccc(OCC(=O)N(Cc2ccccc2)C(Cc2ccccc2)C(=O)NC2CCCC2)c1. The Hall–Kier alpha value is -3.60. The maximum Gasteiger partial charge on any atom is 0.261 e. The Morgan fingerprint density at radius 2 is 1.57 bits per heavy atom. The van der Waals surface area contributed by atoms with Crippen molar-refractivity contribution < 1.29 is 14.3 Å². The average Bonchev–Trinajstić information content (AvgIpc) is 3.39. The number of benzene rings is 3. The van der Waals surface area contributed by atoms with Crippen LogP contribution in [0.25, 0.3) is 0 Å². The Morgan fingerprint density at radius 3 is 2.23 bits per heavy atom. The number of carbonyl (C=O) groups is 2. The summed E-state index contributed by atoms with van der Waals surface area (Å²) in [6.45, 7) is 2.20. The first-order valence-electron chi connectivity index (χ1n) is 12.5. The number of amides is 2. The van der Waals surface area contributed by atoms with Gasteiger partial charge >= 0.3 is 0 Å². The molecule has 0 bridgehead atoms. The van der Waals surface area contributed by atoms with E-state index in [0.717, 1.165) is 42.4 Å². The average molecular weight is 471 g/mol. The van der Waals surface area contributed by atoms with Crippen LogP contribution in [0.4, 0.5) is 0 Å². The van der Waals surface area contributed by atoms with E-state index in [1.165, 1.54) is 0 Å². The highest BCUT2D eigenvalue weighted by Crippen LogP contribution is 2.20. The third kappa shape index (κ3) is 7.19. The number of rotatable bonds is 10. The fourth-order valence-corrected chi connectivity index (χ4v) is 4.63. The molecule has 1 unspecified atom stereocenters. The number of hydrogen-bond acceptors (Lipinski definition) is 3. The fourth-order valence-electron chi connectivity index (χ4n) is 4.63. The predicted molar refractivity (Wildman–Crippen MR) is 138 cm³/mol. The summed E-state index contributed by atoms with van der Waals surface area (Å²) in [5.41, 5.74) is 3.06. The van der Waals surface area contributed by atoms with Crippen molar-refractivity contribution in [3.8, 4) is 5.75 Å². The largest absolute Gasteiger partial charge is 0.484 e.